The third-order valence-corrected chi connectivity index (χ3v) is 6.84. The summed E-state index contributed by atoms with van der Waals surface area (Å²) in [6.45, 7) is 0. The zero-order valence-corrected chi connectivity index (χ0v) is 16.3. The number of methoxy groups -OCH3 is 1. The number of fused-ring (bicyclic) bond motifs is 1. The lowest BCUT2D eigenvalue weighted by atomic mass is 10.1. The van der Waals surface area contributed by atoms with E-state index in [4.69, 9.17) is 9.84 Å². The second-order valence-corrected chi connectivity index (χ2v) is 8.89. The van der Waals surface area contributed by atoms with Crippen LogP contribution in [0.15, 0.2) is 53.6 Å². The van der Waals surface area contributed by atoms with Crippen LogP contribution < -0.4 is 4.74 Å². The van der Waals surface area contributed by atoms with Gasteiger partial charge in [-0.05, 0) is 66.6 Å². The molecule has 6 nitrogen and oxygen atoms in total. The van der Waals surface area contributed by atoms with Gasteiger partial charge < -0.3 is 9.84 Å². The Morgan fingerprint density at radius 1 is 1.18 bits per heavy atom. The first-order valence-corrected chi connectivity index (χ1v) is 10.6. The maximum absolute atomic E-state index is 13.3. The standard InChI is InChI=1S/C21H21NO5S/c1-27-17-7-10-20-19(12-17)16(6-11-21(23)24)13-22(20)28(25,26)18-8-4-15(5-9-18)14-2-3-14/h4-5,7-10,12-14H,2-3,6,11H2,1H3,(H,23,24). The van der Waals surface area contributed by atoms with Crippen molar-refractivity contribution in [3.05, 3.63) is 59.8 Å². The molecule has 3 aromatic rings. The minimum Gasteiger partial charge on any atom is -0.497 e. The molecule has 1 fully saturated rings. The Kier molecular flexibility index (Phi) is 4.63. The Hall–Kier alpha value is -2.80. The molecule has 0 atom stereocenters. The maximum Gasteiger partial charge on any atom is 0.303 e. The number of carboxylic acid groups (broad SMARTS) is 1. The molecule has 0 unspecified atom stereocenters. The van der Waals surface area contributed by atoms with Gasteiger partial charge in [-0.3, -0.25) is 4.79 Å². The molecule has 0 aliphatic heterocycles. The van der Waals surface area contributed by atoms with Crippen molar-refractivity contribution >= 4 is 26.9 Å². The van der Waals surface area contributed by atoms with Crippen LogP contribution in [0.4, 0.5) is 0 Å². The second-order valence-electron chi connectivity index (χ2n) is 7.08. The lowest BCUT2D eigenvalue weighted by Crippen LogP contribution is -2.12. The van der Waals surface area contributed by atoms with Crippen LogP contribution in [0.1, 0.15) is 36.3 Å². The highest BCUT2D eigenvalue weighted by Crippen LogP contribution is 2.40. The number of ether oxygens (including phenoxy) is 1. The van der Waals surface area contributed by atoms with Crippen molar-refractivity contribution in [3.63, 3.8) is 0 Å². The zero-order valence-electron chi connectivity index (χ0n) is 15.5. The van der Waals surface area contributed by atoms with Gasteiger partial charge >= 0.3 is 5.97 Å². The van der Waals surface area contributed by atoms with Crippen molar-refractivity contribution in [1.29, 1.82) is 0 Å². The highest BCUT2D eigenvalue weighted by Gasteiger charge is 2.25. The number of benzene rings is 2. The van der Waals surface area contributed by atoms with Crippen molar-refractivity contribution in [1.82, 2.24) is 3.97 Å². The number of aromatic nitrogens is 1. The average molecular weight is 399 g/mol. The molecule has 146 valence electrons. The fraction of sp³-hybridized carbons (Fsp3) is 0.286. The monoisotopic (exact) mass is 399 g/mol. The molecule has 28 heavy (non-hydrogen) atoms. The van der Waals surface area contributed by atoms with E-state index in [1.54, 1.807) is 30.3 Å². The molecule has 7 heteroatoms. The van der Waals surface area contributed by atoms with E-state index in [0.29, 0.717) is 28.1 Å². The number of carbonyl (C=O) groups is 1. The van der Waals surface area contributed by atoms with Gasteiger partial charge in [0.2, 0.25) is 0 Å². The summed E-state index contributed by atoms with van der Waals surface area (Å²) in [5.41, 5.74) is 2.34. The Morgan fingerprint density at radius 2 is 1.89 bits per heavy atom. The summed E-state index contributed by atoms with van der Waals surface area (Å²) in [4.78, 5) is 11.2. The molecule has 1 aliphatic carbocycles. The molecule has 1 aromatic heterocycles. The Labute approximate surface area is 163 Å². The zero-order chi connectivity index (χ0) is 19.9. The topological polar surface area (TPSA) is 85.6 Å². The van der Waals surface area contributed by atoms with Crippen LogP contribution in [0.5, 0.6) is 5.75 Å². The Bertz CT molecular complexity index is 1140. The number of nitrogens with zero attached hydrogens (tertiary/aromatic N) is 1. The van der Waals surface area contributed by atoms with E-state index in [2.05, 4.69) is 0 Å². The number of hydrogen-bond acceptors (Lipinski definition) is 4. The number of aliphatic carboxylic acids is 1. The van der Waals surface area contributed by atoms with Gasteiger partial charge in [-0.1, -0.05) is 12.1 Å². The van der Waals surface area contributed by atoms with Crippen LogP contribution >= 0.6 is 0 Å². The first-order chi connectivity index (χ1) is 13.4. The van der Waals surface area contributed by atoms with Gasteiger partial charge in [0.25, 0.3) is 10.0 Å². The summed E-state index contributed by atoms with van der Waals surface area (Å²) >= 11 is 0. The molecular formula is C21H21NO5S. The molecular weight excluding hydrogens is 378 g/mol. The summed E-state index contributed by atoms with van der Waals surface area (Å²) in [5.74, 6) is 0.217. The molecule has 1 aliphatic rings. The van der Waals surface area contributed by atoms with E-state index in [1.807, 2.05) is 12.1 Å². The van der Waals surface area contributed by atoms with Crippen LogP contribution in [0, 0.1) is 0 Å². The molecule has 4 rings (SSSR count). The highest BCUT2D eigenvalue weighted by molar-refractivity contribution is 7.90. The lowest BCUT2D eigenvalue weighted by molar-refractivity contribution is -0.136. The maximum atomic E-state index is 13.3. The van der Waals surface area contributed by atoms with Crippen molar-refractivity contribution in [2.75, 3.05) is 7.11 Å². The average Bonchev–Trinajstić information content (AvgIpc) is 3.47. The second kappa shape index (κ2) is 6.98. The summed E-state index contributed by atoms with van der Waals surface area (Å²) in [6.07, 6.45) is 4.00. The van der Waals surface area contributed by atoms with Gasteiger partial charge in [0, 0.05) is 18.0 Å². The predicted octanol–water partition coefficient (Wildman–Crippen LogP) is 3.78. The summed E-state index contributed by atoms with van der Waals surface area (Å²) < 4.78 is 33.0. The number of hydrogen-bond donors (Lipinski definition) is 1. The smallest absolute Gasteiger partial charge is 0.303 e. The summed E-state index contributed by atoms with van der Waals surface area (Å²) in [7, 11) is -2.26. The van der Waals surface area contributed by atoms with Crippen molar-refractivity contribution < 1.29 is 23.1 Å². The van der Waals surface area contributed by atoms with Gasteiger partial charge in [0.05, 0.1) is 17.5 Å². The SMILES string of the molecule is COc1ccc2c(c1)c(CCC(=O)O)cn2S(=O)(=O)c1ccc(C2CC2)cc1. The largest absolute Gasteiger partial charge is 0.497 e. The third kappa shape index (κ3) is 3.38. The fourth-order valence-corrected chi connectivity index (χ4v) is 4.85. The first-order valence-electron chi connectivity index (χ1n) is 9.15. The predicted molar refractivity (Wildman–Crippen MR) is 105 cm³/mol. The lowest BCUT2D eigenvalue weighted by Gasteiger charge is -2.09. The van der Waals surface area contributed by atoms with Crippen LogP contribution in [-0.4, -0.2) is 30.6 Å². The van der Waals surface area contributed by atoms with Gasteiger partial charge in [-0.15, -0.1) is 0 Å². The first kappa shape index (κ1) is 18.6. The van der Waals surface area contributed by atoms with E-state index in [9.17, 15) is 13.2 Å². The van der Waals surface area contributed by atoms with Crippen molar-refractivity contribution in [2.45, 2.75) is 36.5 Å². The van der Waals surface area contributed by atoms with E-state index >= 15 is 0 Å². The number of carboxylic acids is 1. The Morgan fingerprint density at radius 3 is 2.50 bits per heavy atom. The van der Waals surface area contributed by atoms with Gasteiger partial charge in [0.15, 0.2) is 0 Å². The van der Waals surface area contributed by atoms with Gasteiger partial charge in [-0.2, -0.15) is 0 Å². The Balaban J connectivity index is 1.80. The molecule has 1 N–H and O–H groups in total. The molecule has 2 aromatic carbocycles. The summed E-state index contributed by atoms with van der Waals surface area (Å²) in [6, 6.07) is 12.2. The van der Waals surface area contributed by atoms with E-state index in [0.717, 1.165) is 12.8 Å². The minimum absolute atomic E-state index is 0.0769. The van der Waals surface area contributed by atoms with Crippen LogP contribution in [0.25, 0.3) is 10.9 Å². The van der Waals surface area contributed by atoms with E-state index in [1.165, 1.54) is 22.8 Å². The molecule has 0 spiro atoms. The van der Waals surface area contributed by atoms with Gasteiger partial charge in [0.1, 0.15) is 5.75 Å². The summed E-state index contributed by atoms with van der Waals surface area (Å²) in [5, 5.41) is 9.70. The molecule has 1 saturated carbocycles. The number of rotatable bonds is 7. The van der Waals surface area contributed by atoms with Crippen LogP contribution in [-0.2, 0) is 21.2 Å². The number of aryl methyl sites for hydroxylation is 1. The minimum atomic E-state index is -3.80. The normalized spacial score (nSPS) is 14.3. The van der Waals surface area contributed by atoms with Crippen molar-refractivity contribution in [2.24, 2.45) is 0 Å². The fourth-order valence-electron chi connectivity index (χ4n) is 3.45. The molecule has 1 heterocycles. The van der Waals surface area contributed by atoms with Gasteiger partial charge in [-0.25, -0.2) is 12.4 Å². The molecule has 0 bridgehead atoms. The van der Waals surface area contributed by atoms with E-state index in [-0.39, 0.29) is 17.7 Å². The highest BCUT2D eigenvalue weighted by atomic mass is 32.2. The molecule has 0 saturated heterocycles. The van der Waals surface area contributed by atoms with Crippen LogP contribution in [0.2, 0.25) is 0 Å². The third-order valence-electron chi connectivity index (χ3n) is 5.15. The van der Waals surface area contributed by atoms with Crippen molar-refractivity contribution in [3.8, 4) is 5.75 Å². The van der Waals surface area contributed by atoms with Crippen LogP contribution in [0.3, 0.4) is 0 Å². The quantitative estimate of drug-likeness (QED) is 0.653. The molecule has 0 radical (unpaired) electrons. The van der Waals surface area contributed by atoms with E-state index < -0.39 is 16.0 Å². The molecule has 0 amide bonds.